The number of hydrogen-bond acceptors (Lipinski definition) is 6. The maximum atomic E-state index is 12.7. The molecule has 0 fully saturated rings. The molecule has 3 aromatic rings. The van der Waals surface area contributed by atoms with E-state index >= 15 is 0 Å². The van der Waals surface area contributed by atoms with Crippen molar-refractivity contribution >= 4 is 28.2 Å². The highest BCUT2D eigenvalue weighted by Gasteiger charge is 2.23. The molecule has 30 heavy (non-hydrogen) atoms. The zero-order valence-electron chi connectivity index (χ0n) is 17.5. The highest BCUT2D eigenvalue weighted by atomic mass is 32.1. The van der Waals surface area contributed by atoms with Crippen molar-refractivity contribution in [3.05, 3.63) is 64.1 Å². The van der Waals surface area contributed by atoms with Crippen LogP contribution in [0.4, 0.5) is 5.00 Å². The second-order valence-corrected chi connectivity index (χ2v) is 7.86. The SMILES string of the molecule is CCOC(=O)c1c(NC(=O)c2ccc(OCc3nccn3C)cc2)sc(C)c1CC. The van der Waals surface area contributed by atoms with Crippen LogP contribution in [-0.2, 0) is 24.8 Å². The molecule has 3 rings (SSSR count). The molecule has 0 aliphatic carbocycles. The second-order valence-electron chi connectivity index (χ2n) is 6.64. The number of thiophene rings is 1. The number of carbonyl (C=O) groups excluding carboxylic acids is 2. The van der Waals surface area contributed by atoms with Crippen LogP contribution in [0.25, 0.3) is 0 Å². The normalized spacial score (nSPS) is 10.7. The first kappa shape index (κ1) is 21.6. The van der Waals surface area contributed by atoms with E-state index in [1.165, 1.54) is 11.3 Å². The number of benzene rings is 1. The standard InChI is InChI=1S/C22H25N3O4S/c1-5-17-14(3)30-21(19(17)22(27)28-6-2)24-20(26)15-7-9-16(10-8-15)29-13-18-23-11-12-25(18)4/h7-12H,5-6,13H2,1-4H3,(H,24,26). The first-order chi connectivity index (χ1) is 14.4. The first-order valence-corrected chi connectivity index (χ1v) is 10.6. The smallest absolute Gasteiger partial charge is 0.341 e. The van der Waals surface area contributed by atoms with Gasteiger partial charge in [0.15, 0.2) is 0 Å². The van der Waals surface area contributed by atoms with Crippen LogP contribution >= 0.6 is 11.3 Å². The molecular formula is C22H25N3O4S. The van der Waals surface area contributed by atoms with E-state index in [-0.39, 0.29) is 12.5 Å². The summed E-state index contributed by atoms with van der Waals surface area (Å²) in [4.78, 5) is 30.4. The Morgan fingerprint density at radius 1 is 1.20 bits per heavy atom. The van der Waals surface area contributed by atoms with Crippen LogP contribution in [0.2, 0.25) is 0 Å². The van der Waals surface area contributed by atoms with Gasteiger partial charge in [0.1, 0.15) is 23.2 Å². The van der Waals surface area contributed by atoms with Gasteiger partial charge in [-0.1, -0.05) is 6.92 Å². The van der Waals surface area contributed by atoms with Gasteiger partial charge in [0.2, 0.25) is 0 Å². The number of esters is 1. The molecule has 0 bridgehead atoms. The summed E-state index contributed by atoms with van der Waals surface area (Å²) in [5.74, 6) is 0.747. The van der Waals surface area contributed by atoms with Crippen LogP contribution in [0.5, 0.6) is 5.75 Å². The van der Waals surface area contributed by atoms with Gasteiger partial charge in [-0.25, -0.2) is 9.78 Å². The zero-order valence-corrected chi connectivity index (χ0v) is 18.3. The van der Waals surface area contributed by atoms with Gasteiger partial charge in [-0.05, 0) is 50.1 Å². The number of rotatable bonds is 8. The van der Waals surface area contributed by atoms with Crippen molar-refractivity contribution in [1.82, 2.24) is 9.55 Å². The van der Waals surface area contributed by atoms with Gasteiger partial charge in [0.05, 0.1) is 12.2 Å². The van der Waals surface area contributed by atoms with E-state index in [2.05, 4.69) is 10.3 Å². The van der Waals surface area contributed by atoms with E-state index in [0.717, 1.165) is 16.3 Å². The van der Waals surface area contributed by atoms with Crippen molar-refractivity contribution in [1.29, 1.82) is 0 Å². The van der Waals surface area contributed by atoms with Gasteiger partial charge in [0, 0.05) is 29.9 Å². The minimum absolute atomic E-state index is 0.282. The van der Waals surface area contributed by atoms with E-state index in [0.29, 0.717) is 34.9 Å². The number of imidazole rings is 1. The van der Waals surface area contributed by atoms with Crippen LogP contribution in [0, 0.1) is 6.92 Å². The lowest BCUT2D eigenvalue weighted by Gasteiger charge is -2.09. The van der Waals surface area contributed by atoms with Gasteiger partial charge in [-0.15, -0.1) is 11.3 Å². The van der Waals surface area contributed by atoms with E-state index in [9.17, 15) is 9.59 Å². The fourth-order valence-electron chi connectivity index (χ4n) is 3.07. The number of anilines is 1. The summed E-state index contributed by atoms with van der Waals surface area (Å²) in [6, 6.07) is 6.85. The number of ether oxygens (including phenoxy) is 2. The van der Waals surface area contributed by atoms with Crippen LogP contribution in [0.15, 0.2) is 36.7 Å². The van der Waals surface area contributed by atoms with Crippen molar-refractivity contribution < 1.29 is 19.1 Å². The Hall–Kier alpha value is -3.13. The minimum atomic E-state index is -0.410. The summed E-state index contributed by atoms with van der Waals surface area (Å²) in [6.07, 6.45) is 4.26. The molecule has 7 nitrogen and oxygen atoms in total. The zero-order chi connectivity index (χ0) is 21.7. The molecule has 1 N–H and O–H groups in total. The summed E-state index contributed by atoms with van der Waals surface area (Å²) in [5, 5.41) is 3.38. The Morgan fingerprint density at radius 2 is 1.93 bits per heavy atom. The third kappa shape index (κ3) is 4.71. The number of amides is 1. The van der Waals surface area contributed by atoms with Crippen molar-refractivity contribution in [2.24, 2.45) is 7.05 Å². The second kappa shape index (κ2) is 9.58. The number of hydrogen-bond donors (Lipinski definition) is 1. The number of aromatic nitrogens is 2. The van der Waals surface area contributed by atoms with E-state index < -0.39 is 5.97 Å². The van der Waals surface area contributed by atoms with Gasteiger partial charge in [-0.2, -0.15) is 0 Å². The molecule has 0 saturated carbocycles. The summed E-state index contributed by atoms with van der Waals surface area (Å²) < 4.78 is 12.8. The summed E-state index contributed by atoms with van der Waals surface area (Å²) in [6.45, 7) is 6.30. The molecule has 8 heteroatoms. The monoisotopic (exact) mass is 427 g/mol. The van der Waals surface area contributed by atoms with Crippen molar-refractivity contribution in [3.63, 3.8) is 0 Å². The quantitative estimate of drug-likeness (QED) is 0.540. The van der Waals surface area contributed by atoms with E-state index in [1.807, 2.05) is 31.7 Å². The van der Waals surface area contributed by atoms with Crippen molar-refractivity contribution in [2.45, 2.75) is 33.8 Å². The van der Waals surface area contributed by atoms with Crippen LogP contribution in [0.1, 0.15) is 50.8 Å². The van der Waals surface area contributed by atoms with Crippen LogP contribution in [0.3, 0.4) is 0 Å². The van der Waals surface area contributed by atoms with Gasteiger partial charge >= 0.3 is 5.97 Å². The van der Waals surface area contributed by atoms with Gasteiger partial charge in [0.25, 0.3) is 5.91 Å². The number of carbonyl (C=O) groups is 2. The summed E-state index contributed by atoms with van der Waals surface area (Å²) in [5.41, 5.74) is 1.83. The lowest BCUT2D eigenvalue weighted by atomic mass is 10.1. The fraction of sp³-hybridized carbons (Fsp3) is 0.318. The van der Waals surface area contributed by atoms with Gasteiger partial charge in [-0.3, -0.25) is 4.79 Å². The molecule has 0 unspecified atom stereocenters. The fourth-order valence-corrected chi connectivity index (χ4v) is 4.20. The Bertz CT molecular complexity index is 1040. The Labute approximate surface area is 179 Å². The molecule has 0 aliphatic rings. The van der Waals surface area contributed by atoms with Crippen LogP contribution < -0.4 is 10.1 Å². The average Bonchev–Trinajstić information content (AvgIpc) is 3.28. The van der Waals surface area contributed by atoms with Crippen LogP contribution in [-0.4, -0.2) is 28.0 Å². The number of nitrogens with zero attached hydrogens (tertiary/aromatic N) is 2. The Kier molecular flexibility index (Phi) is 6.89. The highest BCUT2D eigenvalue weighted by molar-refractivity contribution is 7.16. The van der Waals surface area contributed by atoms with E-state index in [4.69, 9.17) is 9.47 Å². The molecule has 0 atom stereocenters. The van der Waals surface area contributed by atoms with Crippen molar-refractivity contribution in [3.8, 4) is 5.75 Å². The number of aryl methyl sites for hydroxylation is 2. The largest absolute Gasteiger partial charge is 0.486 e. The molecular weight excluding hydrogens is 402 g/mol. The lowest BCUT2D eigenvalue weighted by molar-refractivity contribution is 0.0527. The Balaban J connectivity index is 1.71. The molecule has 0 aliphatic heterocycles. The average molecular weight is 428 g/mol. The first-order valence-electron chi connectivity index (χ1n) is 9.74. The van der Waals surface area contributed by atoms with E-state index in [1.54, 1.807) is 37.4 Å². The molecule has 2 aromatic heterocycles. The minimum Gasteiger partial charge on any atom is -0.486 e. The molecule has 0 spiro atoms. The number of nitrogens with one attached hydrogen (secondary N) is 1. The maximum Gasteiger partial charge on any atom is 0.341 e. The molecule has 1 amide bonds. The maximum absolute atomic E-state index is 12.7. The molecule has 0 radical (unpaired) electrons. The predicted molar refractivity (Wildman–Crippen MR) is 116 cm³/mol. The third-order valence-electron chi connectivity index (χ3n) is 4.67. The highest BCUT2D eigenvalue weighted by Crippen LogP contribution is 2.34. The molecule has 2 heterocycles. The Morgan fingerprint density at radius 3 is 2.53 bits per heavy atom. The molecule has 1 aromatic carbocycles. The topological polar surface area (TPSA) is 82.4 Å². The van der Waals surface area contributed by atoms with Gasteiger partial charge < -0.3 is 19.4 Å². The molecule has 158 valence electrons. The summed E-state index contributed by atoms with van der Waals surface area (Å²) in [7, 11) is 1.90. The summed E-state index contributed by atoms with van der Waals surface area (Å²) >= 11 is 1.39. The molecule has 0 saturated heterocycles. The lowest BCUT2D eigenvalue weighted by Crippen LogP contribution is -2.15. The third-order valence-corrected chi connectivity index (χ3v) is 5.74. The predicted octanol–water partition coefficient (Wildman–Crippen LogP) is 4.36. The van der Waals surface area contributed by atoms with Crippen molar-refractivity contribution in [2.75, 3.05) is 11.9 Å².